The van der Waals surface area contributed by atoms with Crippen LogP contribution >= 0.6 is 11.6 Å². The number of benzene rings is 1. The van der Waals surface area contributed by atoms with Crippen LogP contribution in [0.3, 0.4) is 0 Å². The normalized spacial score (nSPS) is 18.0. The van der Waals surface area contributed by atoms with E-state index in [1.165, 1.54) is 6.07 Å². The van der Waals surface area contributed by atoms with Crippen molar-refractivity contribution in [1.29, 1.82) is 0 Å². The monoisotopic (exact) mass is 270 g/mol. The molecule has 1 aromatic rings. The van der Waals surface area contributed by atoms with E-state index in [4.69, 9.17) is 11.6 Å². The van der Waals surface area contributed by atoms with Crippen molar-refractivity contribution in [1.82, 2.24) is 10.2 Å². The Hall–Kier alpha value is -0.640. The van der Waals surface area contributed by atoms with Gasteiger partial charge in [0.05, 0.1) is 0 Å². The van der Waals surface area contributed by atoms with Crippen molar-refractivity contribution in [2.75, 3.05) is 26.2 Å². The summed E-state index contributed by atoms with van der Waals surface area (Å²) in [4.78, 5) is 2.40. The van der Waals surface area contributed by atoms with Crippen molar-refractivity contribution in [3.8, 4) is 0 Å². The van der Waals surface area contributed by atoms with E-state index in [1.54, 1.807) is 12.1 Å². The molecular weight excluding hydrogens is 251 g/mol. The first-order valence-corrected chi connectivity index (χ1v) is 6.77. The average Bonchev–Trinajstić information content (AvgIpc) is 2.35. The van der Waals surface area contributed by atoms with Gasteiger partial charge in [0.25, 0.3) is 0 Å². The Morgan fingerprint density at radius 3 is 2.61 bits per heavy atom. The molecule has 1 fully saturated rings. The van der Waals surface area contributed by atoms with Crippen molar-refractivity contribution in [2.45, 2.75) is 25.8 Å². The zero-order chi connectivity index (χ0) is 13.2. The molecule has 0 radical (unpaired) electrons. The molecule has 0 atom stereocenters. The summed E-state index contributed by atoms with van der Waals surface area (Å²) in [6.45, 7) is 8.29. The van der Waals surface area contributed by atoms with Crippen LogP contribution in [0.1, 0.15) is 19.4 Å². The lowest BCUT2D eigenvalue weighted by Crippen LogP contribution is -2.54. The van der Waals surface area contributed by atoms with Gasteiger partial charge in [0.2, 0.25) is 0 Å². The number of nitrogens with one attached hydrogen (secondary N) is 1. The van der Waals surface area contributed by atoms with Gasteiger partial charge in [-0.05, 0) is 32.4 Å². The molecule has 1 saturated heterocycles. The summed E-state index contributed by atoms with van der Waals surface area (Å²) in [5.74, 6) is -0.203. The molecule has 0 aliphatic carbocycles. The molecule has 1 aliphatic rings. The van der Waals surface area contributed by atoms with Crippen molar-refractivity contribution in [3.05, 3.63) is 34.6 Å². The third-order valence-electron chi connectivity index (χ3n) is 3.64. The third kappa shape index (κ3) is 3.02. The maximum absolute atomic E-state index is 13.8. The molecular formula is C14H20ClFN2. The molecule has 0 spiro atoms. The Balaban J connectivity index is 2.16. The predicted molar refractivity (Wildman–Crippen MR) is 73.6 cm³/mol. The highest BCUT2D eigenvalue weighted by molar-refractivity contribution is 6.31. The number of nitrogens with zero attached hydrogens (tertiary/aromatic N) is 1. The van der Waals surface area contributed by atoms with Gasteiger partial charge in [0.15, 0.2) is 0 Å². The molecule has 0 bridgehead atoms. The van der Waals surface area contributed by atoms with Gasteiger partial charge in [-0.25, -0.2) is 4.39 Å². The molecule has 18 heavy (non-hydrogen) atoms. The standard InChI is InChI=1S/C14H20ClFN2/c1-14(2,18-8-6-17-7-9-18)10-11-12(15)4-3-5-13(11)16/h3-5,17H,6-10H2,1-2H3. The van der Waals surface area contributed by atoms with E-state index in [0.717, 1.165) is 26.2 Å². The molecule has 0 unspecified atom stereocenters. The molecule has 100 valence electrons. The first-order valence-electron chi connectivity index (χ1n) is 6.39. The van der Waals surface area contributed by atoms with E-state index in [1.807, 2.05) is 0 Å². The topological polar surface area (TPSA) is 15.3 Å². The number of hydrogen-bond donors (Lipinski definition) is 1. The Kier molecular flexibility index (Phi) is 4.25. The Morgan fingerprint density at radius 1 is 1.33 bits per heavy atom. The summed E-state index contributed by atoms with van der Waals surface area (Å²) in [5, 5.41) is 3.86. The summed E-state index contributed by atoms with van der Waals surface area (Å²) in [7, 11) is 0. The van der Waals surface area contributed by atoms with Crippen LogP contribution in [-0.2, 0) is 6.42 Å². The highest BCUT2D eigenvalue weighted by atomic mass is 35.5. The summed E-state index contributed by atoms with van der Waals surface area (Å²) in [6.07, 6.45) is 0.637. The van der Waals surface area contributed by atoms with Gasteiger partial charge in [0, 0.05) is 42.3 Å². The number of rotatable bonds is 3. The molecule has 0 aromatic heterocycles. The SMILES string of the molecule is CC(C)(Cc1c(F)cccc1Cl)N1CCNCC1. The molecule has 2 nitrogen and oxygen atoms in total. The number of halogens is 2. The molecule has 2 rings (SSSR count). The van der Waals surface area contributed by atoms with Crippen molar-refractivity contribution >= 4 is 11.6 Å². The van der Waals surface area contributed by atoms with Crippen LogP contribution in [0.2, 0.25) is 5.02 Å². The molecule has 4 heteroatoms. The smallest absolute Gasteiger partial charge is 0.127 e. The van der Waals surface area contributed by atoms with Crippen LogP contribution in [0.4, 0.5) is 4.39 Å². The van der Waals surface area contributed by atoms with E-state index in [9.17, 15) is 4.39 Å². The minimum absolute atomic E-state index is 0.0755. The molecule has 0 amide bonds. The van der Waals surface area contributed by atoms with Crippen LogP contribution in [0.25, 0.3) is 0 Å². The Labute approximate surface area is 113 Å². The van der Waals surface area contributed by atoms with Crippen LogP contribution < -0.4 is 5.32 Å². The summed E-state index contributed by atoms with van der Waals surface area (Å²) >= 11 is 6.10. The fourth-order valence-electron chi connectivity index (χ4n) is 2.52. The number of hydrogen-bond acceptors (Lipinski definition) is 2. The highest BCUT2D eigenvalue weighted by Crippen LogP contribution is 2.27. The Bertz CT molecular complexity index is 394. The first-order chi connectivity index (χ1) is 8.50. The minimum atomic E-state index is -0.203. The van der Waals surface area contributed by atoms with Gasteiger partial charge >= 0.3 is 0 Å². The second kappa shape index (κ2) is 5.55. The Morgan fingerprint density at radius 2 is 2.00 bits per heavy atom. The minimum Gasteiger partial charge on any atom is -0.314 e. The summed E-state index contributed by atoms with van der Waals surface area (Å²) < 4.78 is 13.8. The van der Waals surface area contributed by atoms with Gasteiger partial charge in [-0.2, -0.15) is 0 Å². The average molecular weight is 271 g/mol. The van der Waals surface area contributed by atoms with Gasteiger partial charge in [0.1, 0.15) is 5.82 Å². The zero-order valence-electron chi connectivity index (χ0n) is 11.0. The van der Waals surface area contributed by atoms with Gasteiger partial charge in [-0.1, -0.05) is 17.7 Å². The van der Waals surface area contributed by atoms with Crippen LogP contribution in [0, 0.1) is 5.82 Å². The molecule has 1 aliphatic heterocycles. The van der Waals surface area contributed by atoms with Crippen molar-refractivity contribution in [2.24, 2.45) is 0 Å². The van der Waals surface area contributed by atoms with E-state index in [0.29, 0.717) is 17.0 Å². The van der Waals surface area contributed by atoms with E-state index < -0.39 is 0 Å². The molecule has 1 heterocycles. The highest BCUT2D eigenvalue weighted by Gasteiger charge is 2.29. The zero-order valence-corrected chi connectivity index (χ0v) is 11.7. The van der Waals surface area contributed by atoms with Crippen molar-refractivity contribution in [3.63, 3.8) is 0 Å². The van der Waals surface area contributed by atoms with Gasteiger partial charge in [-0.15, -0.1) is 0 Å². The summed E-state index contributed by atoms with van der Waals surface area (Å²) in [6, 6.07) is 4.89. The van der Waals surface area contributed by atoms with Gasteiger partial charge in [-0.3, -0.25) is 4.90 Å². The molecule has 1 N–H and O–H groups in total. The summed E-state index contributed by atoms with van der Waals surface area (Å²) in [5.41, 5.74) is 0.552. The maximum atomic E-state index is 13.8. The molecule has 1 aromatic carbocycles. The lowest BCUT2D eigenvalue weighted by atomic mass is 9.92. The van der Waals surface area contributed by atoms with Crippen LogP contribution in [0.5, 0.6) is 0 Å². The molecule has 0 saturated carbocycles. The van der Waals surface area contributed by atoms with Gasteiger partial charge < -0.3 is 5.32 Å². The van der Waals surface area contributed by atoms with Crippen LogP contribution in [-0.4, -0.2) is 36.6 Å². The second-order valence-electron chi connectivity index (χ2n) is 5.43. The fourth-order valence-corrected chi connectivity index (χ4v) is 2.75. The largest absolute Gasteiger partial charge is 0.314 e. The fraction of sp³-hybridized carbons (Fsp3) is 0.571. The maximum Gasteiger partial charge on any atom is 0.127 e. The lowest BCUT2D eigenvalue weighted by molar-refractivity contribution is 0.103. The predicted octanol–water partition coefficient (Wildman–Crippen LogP) is 2.71. The third-order valence-corrected chi connectivity index (χ3v) is 4.00. The quantitative estimate of drug-likeness (QED) is 0.909. The first kappa shape index (κ1) is 13.8. The van der Waals surface area contributed by atoms with E-state index in [2.05, 4.69) is 24.1 Å². The van der Waals surface area contributed by atoms with Crippen molar-refractivity contribution < 1.29 is 4.39 Å². The van der Waals surface area contributed by atoms with Crippen LogP contribution in [0.15, 0.2) is 18.2 Å². The number of piperazine rings is 1. The van der Waals surface area contributed by atoms with E-state index in [-0.39, 0.29) is 11.4 Å². The lowest BCUT2D eigenvalue weighted by Gasteiger charge is -2.41. The second-order valence-corrected chi connectivity index (χ2v) is 5.83. The van der Waals surface area contributed by atoms with E-state index >= 15 is 0 Å².